The van der Waals surface area contributed by atoms with Gasteiger partial charge in [-0.25, -0.2) is 0 Å². The number of nitrogens with one attached hydrogen (secondary N) is 1. The summed E-state index contributed by atoms with van der Waals surface area (Å²) in [6.45, 7) is 7.27. The Morgan fingerprint density at radius 2 is 1.89 bits per heavy atom. The van der Waals surface area contributed by atoms with Crippen LogP contribution >= 0.6 is 0 Å². The molecule has 0 radical (unpaired) electrons. The first kappa shape index (κ1) is 13.2. The predicted molar refractivity (Wildman–Crippen MR) is 79.5 cm³/mol. The molecule has 2 heterocycles. The third-order valence-corrected chi connectivity index (χ3v) is 5.01. The van der Waals surface area contributed by atoms with E-state index in [0.29, 0.717) is 6.04 Å². The Kier molecular flexibility index (Phi) is 3.96. The molecule has 0 aromatic heterocycles. The van der Waals surface area contributed by atoms with Crippen molar-refractivity contribution in [3.05, 3.63) is 0 Å². The standard InChI is InChI=1S/C15H28N4/c1-12-10-14(12)17-15(16-2)19-9-6-13(11-19)18-7-4-3-5-8-18/h12-14H,3-11H2,1-2H3,(H,16,17). The fourth-order valence-electron chi connectivity index (χ4n) is 3.50. The van der Waals surface area contributed by atoms with Crippen molar-refractivity contribution in [1.82, 2.24) is 15.1 Å². The number of likely N-dealkylation sites (tertiary alicyclic amines) is 2. The van der Waals surface area contributed by atoms with E-state index in [9.17, 15) is 0 Å². The van der Waals surface area contributed by atoms with E-state index >= 15 is 0 Å². The highest BCUT2D eigenvalue weighted by Crippen LogP contribution is 2.29. The van der Waals surface area contributed by atoms with Gasteiger partial charge in [-0.05, 0) is 44.7 Å². The number of aliphatic imine (C=N–C) groups is 1. The highest BCUT2D eigenvalue weighted by atomic mass is 15.3. The maximum atomic E-state index is 4.48. The Balaban J connectivity index is 1.52. The molecule has 0 aromatic rings. The van der Waals surface area contributed by atoms with Gasteiger partial charge in [-0.2, -0.15) is 0 Å². The van der Waals surface area contributed by atoms with Crippen molar-refractivity contribution >= 4 is 5.96 Å². The van der Waals surface area contributed by atoms with Crippen LogP contribution in [0, 0.1) is 5.92 Å². The third kappa shape index (κ3) is 3.04. The molecule has 1 saturated carbocycles. The monoisotopic (exact) mass is 264 g/mol. The van der Waals surface area contributed by atoms with Crippen molar-refractivity contribution < 1.29 is 0 Å². The second-order valence-electron chi connectivity index (χ2n) is 6.50. The molecule has 4 heteroatoms. The van der Waals surface area contributed by atoms with Crippen LogP contribution in [-0.2, 0) is 0 Å². The van der Waals surface area contributed by atoms with Crippen LogP contribution in [0.1, 0.15) is 39.0 Å². The van der Waals surface area contributed by atoms with Gasteiger partial charge in [-0.1, -0.05) is 13.3 Å². The first-order valence-corrected chi connectivity index (χ1v) is 8.00. The summed E-state index contributed by atoms with van der Waals surface area (Å²) in [5.74, 6) is 1.96. The van der Waals surface area contributed by atoms with Gasteiger partial charge in [0.25, 0.3) is 0 Å². The van der Waals surface area contributed by atoms with Crippen molar-refractivity contribution in [2.45, 2.75) is 51.1 Å². The zero-order valence-electron chi connectivity index (χ0n) is 12.4. The minimum absolute atomic E-state index is 0.674. The van der Waals surface area contributed by atoms with E-state index in [1.807, 2.05) is 7.05 Å². The van der Waals surface area contributed by atoms with Gasteiger partial charge in [0, 0.05) is 32.2 Å². The van der Waals surface area contributed by atoms with Crippen LogP contribution in [0.4, 0.5) is 0 Å². The van der Waals surface area contributed by atoms with Crippen LogP contribution in [0.2, 0.25) is 0 Å². The summed E-state index contributed by atoms with van der Waals surface area (Å²) < 4.78 is 0. The smallest absolute Gasteiger partial charge is 0.193 e. The number of rotatable bonds is 2. The summed E-state index contributed by atoms with van der Waals surface area (Å²) in [4.78, 5) is 9.64. The second kappa shape index (κ2) is 5.70. The van der Waals surface area contributed by atoms with Gasteiger partial charge in [0.2, 0.25) is 0 Å². The molecule has 3 unspecified atom stereocenters. The van der Waals surface area contributed by atoms with E-state index in [1.54, 1.807) is 0 Å². The van der Waals surface area contributed by atoms with Gasteiger partial charge in [0.1, 0.15) is 0 Å². The van der Waals surface area contributed by atoms with Gasteiger partial charge in [-0.3, -0.25) is 9.89 Å². The van der Waals surface area contributed by atoms with Crippen LogP contribution in [0.25, 0.3) is 0 Å². The number of hydrogen-bond acceptors (Lipinski definition) is 2. The van der Waals surface area contributed by atoms with Crippen LogP contribution in [0.3, 0.4) is 0 Å². The Hall–Kier alpha value is -0.770. The molecule has 0 spiro atoms. The molecule has 0 bridgehead atoms. The largest absolute Gasteiger partial charge is 0.353 e. The molecule has 3 rings (SSSR count). The summed E-state index contributed by atoms with van der Waals surface area (Å²) in [6, 6.07) is 1.43. The summed E-state index contributed by atoms with van der Waals surface area (Å²) in [6.07, 6.45) is 6.82. The normalized spacial score (nSPS) is 36.6. The van der Waals surface area contributed by atoms with Crippen molar-refractivity contribution in [3.63, 3.8) is 0 Å². The zero-order valence-corrected chi connectivity index (χ0v) is 12.4. The van der Waals surface area contributed by atoms with Crippen LogP contribution in [0.5, 0.6) is 0 Å². The number of piperidine rings is 1. The number of nitrogens with zero attached hydrogens (tertiary/aromatic N) is 3. The first-order valence-electron chi connectivity index (χ1n) is 8.00. The average molecular weight is 264 g/mol. The van der Waals surface area contributed by atoms with Gasteiger partial charge in [-0.15, -0.1) is 0 Å². The van der Waals surface area contributed by atoms with Crippen LogP contribution in [-0.4, -0.2) is 61.1 Å². The maximum Gasteiger partial charge on any atom is 0.193 e. The molecule has 4 nitrogen and oxygen atoms in total. The Morgan fingerprint density at radius 1 is 1.16 bits per heavy atom. The molecule has 3 fully saturated rings. The Labute approximate surface area is 117 Å². The van der Waals surface area contributed by atoms with Gasteiger partial charge in [0.05, 0.1) is 0 Å². The fourth-order valence-corrected chi connectivity index (χ4v) is 3.50. The SMILES string of the molecule is CN=C(NC1CC1C)N1CCC(N2CCCCC2)C1. The summed E-state index contributed by atoms with van der Waals surface area (Å²) in [5, 5.41) is 3.61. The molecule has 108 valence electrons. The lowest BCUT2D eigenvalue weighted by molar-refractivity contribution is 0.168. The van der Waals surface area contributed by atoms with Gasteiger partial charge >= 0.3 is 0 Å². The molecule has 1 aliphatic carbocycles. The average Bonchev–Trinajstić information content (AvgIpc) is 2.94. The highest BCUT2D eigenvalue weighted by molar-refractivity contribution is 5.80. The molecule has 3 atom stereocenters. The summed E-state index contributed by atoms with van der Waals surface area (Å²) >= 11 is 0. The second-order valence-corrected chi connectivity index (χ2v) is 6.50. The van der Waals surface area contributed by atoms with Crippen LogP contribution < -0.4 is 5.32 Å². The maximum absolute atomic E-state index is 4.48. The summed E-state index contributed by atoms with van der Waals surface area (Å²) in [7, 11) is 1.92. The third-order valence-electron chi connectivity index (χ3n) is 5.01. The Bertz CT molecular complexity index is 335. The summed E-state index contributed by atoms with van der Waals surface area (Å²) in [5.41, 5.74) is 0. The minimum Gasteiger partial charge on any atom is -0.353 e. The fraction of sp³-hybridized carbons (Fsp3) is 0.933. The van der Waals surface area contributed by atoms with Crippen molar-refractivity contribution in [2.24, 2.45) is 10.9 Å². The van der Waals surface area contributed by atoms with E-state index in [-0.39, 0.29) is 0 Å². The lowest BCUT2D eigenvalue weighted by Gasteiger charge is -2.32. The first-order chi connectivity index (χ1) is 9.28. The Morgan fingerprint density at radius 3 is 2.53 bits per heavy atom. The molecule has 0 aromatic carbocycles. The predicted octanol–water partition coefficient (Wildman–Crippen LogP) is 1.53. The molecular formula is C15H28N4. The minimum atomic E-state index is 0.674. The molecule has 2 saturated heterocycles. The van der Waals surface area contributed by atoms with Crippen molar-refractivity contribution in [1.29, 1.82) is 0 Å². The lowest BCUT2D eigenvalue weighted by Crippen LogP contribution is -2.45. The van der Waals surface area contributed by atoms with E-state index in [0.717, 1.165) is 17.9 Å². The quantitative estimate of drug-likeness (QED) is 0.606. The molecule has 2 aliphatic heterocycles. The van der Waals surface area contributed by atoms with E-state index in [1.165, 1.54) is 58.3 Å². The number of hydrogen-bond donors (Lipinski definition) is 1. The van der Waals surface area contributed by atoms with E-state index in [2.05, 4.69) is 27.0 Å². The van der Waals surface area contributed by atoms with Crippen molar-refractivity contribution in [3.8, 4) is 0 Å². The zero-order chi connectivity index (χ0) is 13.2. The van der Waals surface area contributed by atoms with Crippen LogP contribution in [0.15, 0.2) is 4.99 Å². The van der Waals surface area contributed by atoms with E-state index in [4.69, 9.17) is 0 Å². The topological polar surface area (TPSA) is 30.9 Å². The number of guanidine groups is 1. The molecule has 0 amide bonds. The lowest BCUT2D eigenvalue weighted by atomic mass is 10.1. The highest BCUT2D eigenvalue weighted by Gasteiger charge is 2.36. The molecule has 3 aliphatic rings. The van der Waals surface area contributed by atoms with Gasteiger partial charge < -0.3 is 10.2 Å². The van der Waals surface area contributed by atoms with Gasteiger partial charge in [0.15, 0.2) is 5.96 Å². The molecular weight excluding hydrogens is 236 g/mol. The van der Waals surface area contributed by atoms with Crippen molar-refractivity contribution in [2.75, 3.05) is 33.2 Å². The molecule has 19 heavy (non-hydrogen) atoms. The molecule has 1 N–H and O–H groups in total. The van der Waals surface area contributed by atoms with E-state index < -0.39 is 0 Å².